The third-order valence-corrected chi connectivity index (χ3v) is 6.61. The van der Waals surface area contributed by atoms with Gasteiger partial charge in [0.2, 0.25) is 10.0 Å². The normalized spacial score (nSPS) is 15.2. The van der Waals surface area contributed by atoms with Crippen LogP contribution in [0, 0.1) is 11.3 Å². The number of carbonyl (C=O) groups is 1. The topological polar surface area (TPSA) is 132 Å². The van der Waals surface area contributed by atoms with Crippen LogP contribution in [0.3, 0.4) is 0 Å². The van der Waals surface area contributed by atoms with E-state index in [0.29, 0.717) is 18.9 Å². The average Bonchev–Trinajstić information content (AvgIpc) is 2.76. The van der Waals surface area contributed by atoms with Crippen molar-refractivity contribution in [3.8, 4) is 11.8 Å². The molecule has 3 rings (SSSR count). The number of amides is 1. The van der Waals surface area contributed by atoms with E-state index < -0.39 is 15.9 Å². The quantitative estimate of drug-likeness (QED) is 0.444. The highest BCUT2D eigenvalue weighted by molar-refractivity contribution is 7.89. The number of carbonyl (C=O) groups excluding carboxylic acids is 1. The Kier molecular flexibility index (Phi) is 7.14. The van der Waals surface area contributed by atoms with Crippen LogP contribution in [0.1, 0.15) is 0 Å². The Morgan fingerprint density at radius 3 is 2.65 bits per heavy atom. The van der Waals surface area contributed by atoms with E-state index >= 15 is 0 Å². The van der Waals surface area contributed by atoms with E-state index in [0.717, 1.165) is 6.20 Å². The first-order valence-corrected chi connectivity index (χ1v) is 11.0. The van der Waals surface area contributed by atoms with Crippen molar-refractivity contribution >= 4 is 38.9 Å². The largest absolute Gasteiger partial charge is 0.508 e. The van der Waals surface area contributed by atoms with Crippen LogP contribution in [0.25, 0.3) is 0 Å². The van der Waals surface area contributed by atoms with Crippen molar-refractivity contribution in [2.45, 2.75) is 4.90 Å². The molecule has 0 bridgehead atoms. The molecule has 162 valence electrons. The number of phenols is 1. The molecule has 0 saturated carbocycles. The number of phenolic OH excluding ortho intramolecular Hbond substituents is 1. The van der Waals surface area contributed by atoms with Gasteiger partial charge in [-0.3, -0.25) is 4.79 Å². The van der Waals surface area contributed by atoms with Gasteiger partial charge in [-0.15, -0.1) is 0 Å². The first-order valence-electron chi connectivity index (χ1n) is 9.16. The lowest BCUT2D eigenvalue weighted by atomic mass is 10.2. The number of rotatable bonds is 6. The summed E-state index contributed by atoms with van der Waals surface area (Å²) in [4.78, 5) is 12.3. The zero-order valence-corrected chi connectivity index (χ0v) is 17.8. The molecule has 0 atom stereocenters. The summed E-state index contributed by atoms with van der Waals surface area (Å²) < 4.78 is 32.2. The number of nitrogens with zero attached hydrogens (tertiary/aromatic N) is 2. The number of halogens is 1. The molecule has 2 aromatic rings. The first-order chi connectivity index (χ1) is 14.8. The van der Waals surface area contributed by atoms with Crippen molar-refractivity contribution in [2.24, 2.45) is 0 Å². The number of anilines is 2. The molecule has 0 aromatic heterocycles. The number of hydrogen-bond donors (Lipinski definition) is 3. The second-order valence-corrected chi connectivity index (χ2v) is 8.82. The van der Waals surface area contributed by atoms with E-state index in [1.54, 1.807) is 18.2 Å². The predicted molar refractivity (Wildman–Crippen MR) is 115 cm³/mol. The smallest absolute Gasteiger partial charge is 0.267 e. The summed E-state index contributed by atoms with van der Waals surface area (Å²) >= 11 is 6.15. The molecule has 1 fully saturated rings. The highest BCUT2D eigenvalue weighted by Crippen LogP contribution is 2.27. The predicted octanol–water partition coefficient (Wildman–Crippen LogP) is 2.52. The molecule has 31 heavy (non-hydrogen) atoms. The van der Waals surface area contributed by atoms with Crippen molar-refractivity contribution in [1.82, 2.24) is 4.31 Å². The fourth-order valence-electron chi connectivity index (χ4n) is 2.79. The van der Waals surface area contributed by atoms with Crippen molar-refractivity contribution in [3.05, 3.63) is 59.3 Å². The molecule has 0 unspecified atom stereocenters. The lowest BCUT2D eigenvalue weighted by Gasteiger charge is -2.26. The Morgan fingerprint density at radius 2 is 1.97 bits per heavy atom. The van der Waals surface area contributed by atoms with Gasteiger partial charge >= 0.3 is 0 Å². The summed E-state index contributed by atoms with van der Waals surface area (Å²) in [5.41, 5.74) is 0.248. The summed E-state index contributed by atoms with van der Waals surface area (Å²) in [6.07, 6.45) is 1.13. The van der Waals surface area contributed by atoms with Crippen LogP contribution in [-0.2, 0) is 19.6 Å². The van der Waals surface area contributed by atoms with E-state index in [9.17, 15) is 23.6 Å². The Balaban J connectivity index is 1.79. The standard InChI is InChI=1S/C20H19ClN4O5S/c21-18-5-4-17(31(28,29)25-6-8-30-9-7-25)11-19(18)23-13-14(12-22)20(27)24-15-2-1-3-16(26)10-15/h1-5,10-11,13,23,26H,6-9H2,(H,24,27)/b14-13-. The number of aromatic hydroxyl groups is 1. The SMILES string of the molecule is N#C/C(=C/Nc1cc(S(=O)(=O)N2CCOCC2)ccc1Cl)C(=O)Nc1cccc(O)c1. The van der Waals surface area contributed by atoms with Gasteiger partial charge in [0, 0.05) is 31.0 Å². The summed E-state index contributed by atoms with van der Waals surface area (Å²) in [5.74, 6) is -0.752. The van der Waals surface area contributed by atoms with Crippen LogP contribution in [0.2, 0.25) is 5.02 Å². The van der Waals surface area contributed by atoms with Crippen molar-refractivity contribution < 1.29 is 23.1 Å². The molecule has 0 aliphatic carbocycles. The number of nitriles is 1. The molecule has 1 saturated heterocycles. The van der Waals surface area contributed by atoms with Crippen molar-refractivity contribution in [1.29, 1.82) is 5.26 Å². The van der Waals surface area contributed by atoms with Crippen molar-refractivity contribution in [2.75, 3.05) is 36.9 Å². The van der Waals surface area contributed by atoms with Gasteiger partial charge < -0.3 is 20.5 Å². The number of hydrogen-bond acceptors (Lipinski definition) is 7. The molecule has 1 heterocycles. The minimum Gasteiger partial charge on any atom is -0.508 e. The molecule has 11 heteroatoms. The molecule has 1 aliphatic heterocycles. The van der Waals surface area contributed by atoms with Gasteiger partial charge in [0.1, 0.15) is 17.4 Å². The molecule has 1 aliphatic rings. The van der Waals surface area contributed by atoms with Gasteiger partial charge in [0.05, 0.1) is 28.8 Å². The van der Waals surface area contributed by atoms with Crippen LogP contribution in [0.4, 0.5) is 11.4 Å². The second kappa shape index (κ2) is 9.80. The average molecular weight is 463 g/mol. The van der Waals surface area contributed by atoms with Gasteiger partial charge in [0.25, 0.3) is 5.91 Å². The van der Waals surface area contributed by atoms with Gasteiger partial charge in [-0.05, 0) is 30.3 Å². The summed E-state index contributed by atoms with van der Waals surface area (Å²) in [7, 11) is -3.74. The highest BCUT2D eigenvalue weighted by Gasteiger charge is 2.26. The Hall–Kier alpha value is -3.10. The molecular weight excluding hydrogens is 444 g/mol. The van der Waals surface area contributed by atoms with Gasteiger partial charge in [-0.2, -0.15) is 9.57 Å². The minimum absolute atomic E-state index is 0.0254. The maximum absolute atomic E-state index is 12.8. The van der Waals surface area contributed by atoms with Crippen LogP contribution < -0.4 is 10.6 Å². The fraction of sp³-hybridized carbons (Fsp3) is 0.200. The van der Waals surface area contributed by atoms with Crippen LogP contribution in [-0.4, -0.2) is 50.0 Å². The van der Waals surface area contributed by atoms with E-state index in [-0.39, 0.29) is 40.0 Å². The van der Waals surface area contributed by atoms with Gasteiger partial charge in [-0.25, -0.2) is 8.42 Å². The number of morpholine rings is 1. The zero-order chi connectivity index (χ0) is 22.4. The monoisotopic (exact) mass is 462 g/mol. The maximum Gasteiger partial charge on any atom is 0.267 e. The van der Waals surface area contributed by atoms with E-state index in [2.05, 4.69) is 10.6 Å². The number of sulfonamides is 1. The summed E-state index contributed by atoms with van der Waals surface area (Å²) in [5, 5.41) is 24.2. The number of benzene rings is 2. The Labute approximate surface area is 184 Å². The molecule has 3 N–H and O–H groups in total. The molecule has 1 amide bonds. The van der Waals surface area contributed by atoms with Crippen LogP contribution in [0.15, 0.2) is 59.1 Å². The van der Waals surface area contributed by atoms with Gasteiger partial charge in [0.15, 0.2) is 0 Å². The Morgan fingerprint density at radius 1 is 1.23 bits per heavy atom. The first kappa shape index (κ1) is 22.6. The second-order valence-electron chi connectivity index (χ2n) is 6.48. The van der Waals surface area contributed by atoms with Crippen LogP contribution in [0.5, 0.6) is 5.75 Å². The molecule has 2 aromatic carbocycles. The summed E-state index contributed by atoms with van der Waals surface area (Å²) in [6, 6.07) is 11.8. The van der Waals surface area contributed by atoms with E-state index in [1.165, 1.54) is 34.6 Å². The molecular formula is C20H19ClN4O5S. The minimum atomic E-state index is -3.74. The molecule has 0 spiro atoms. The van der Waals surface area contributed by atoms with Gasteiger partial charge in [-0.1, -0.05) is 17.7 Å². The molecule has 0 radical (unpaired) electrons. The van der Waals surface area contributed by atoms with Crippen LogP contribution >= 0.6 is 11.6 Å². The number of nitrogens with one attached hydrogen (secondary N) is 2. The highest BCUT2D eigenvalue weighted by atomic mass is 35.5. The van der Waals surface area contributed by atoms with Crippen molar-refractivity contribution in [3.63, 3.8) is 0 Å². The summed E-state index contributed by atoms with van der Waals surface area (Å²) in [6.45, 7) is 1.14. The maximum atomic E-state index is 12.8. The Bertz CT molecular complexity index is 1150. The zero-order valence-electron chi connectivity index (χ0n) is 16.2. The third-order valence-electron chi connectivity index (χ3n) is 4.39. The van der Waals surface area contributed by atoms with E-state index in [4.69, 9.17) is 16.3 Å². The number of ether oxygens (including phenoxy) is 1. The lowest BCUT2D eigenvalue weighted by molar-refractivity contribution is -0.112. The van der Waals surface area contributed by atoms with E-state index in [1.807, 2.05) is 0 Å². The molecule has 9 nitrogen and oxygen atoms in total. The lowest BCUT2D eigenvalue weighted by Crippen LogP contribution is -2.40. The fourth-order valence-corrected chi connectivity index (χ4v) is 4.40. The third kappa shape index (κ3) is 5.53.